The molecule has 0 unspecified atom stereocenters. The maximum Gasteiger partial charge on any atom is 0.224 e. The van der Waals surface area contributed by atoms with Crippen molar-refractivity contribution in [3.8, 4) is 11.5 Å². The van der Waals surface area contributed by atoms with E-state index in [1.54, 1.807) is 32.7 Å². The zero-order valence-corrected chi connectivity index (χ0v) is 20.6. The predicted molar refractivity (Wildman–Crippen MR) is 138 cm³/mol. The number of methoxy groups -OCH3 is 2. The molecular weight excluding hydrogens is 459 g/mol. The molecule has 186 valence electrons. The Kier molecular flexibility index (Phi) is 7.80. The van der Waals surface area contributed by atoms with Gasteiger partial charge in [0.2, 0.25) is 5.91 Å². The Morgan fingerprint density at radius 3 is 2.50 bits per heavy atom. The Morgan fingerprint density at radius 2 is 1.86 bits per heavy atom. The average molecular weight is 489 g/mol. The largest absolute Gasteiger partial charge is 0.496 e. The van der Waals surface area contributed by atoms with Crippen molar-refractivity contribution in [2.75, 3.05) is 20.8 Å². The van der Waals surface area contributed by atoms with E-state index in [1.807, 2.05) is 37.3 Å². The summed E-state index contributed by atoms with van der Waals surface area (Å²) in [7, 11) is 3.15. The highest BCUT2D eigenvalue weighted by atomic mass is 19.1. The second-order valence-electron chi connectivity index (χ2n) is 8.54. The number of hydrogen-bond donors (Lipinski definition) is 2. The molecule has 0 saturated carbocycles. The molecule has 36 heavy (non-hydrogen) atoms. The number of carbonyl (C=O) groups is 1. The molecule has 0 spiro atoms. The van der Waals surface area contributed by atoms with E-state index in [0.29, 0.717) is 30.0 Å². The number of benzene rings is 2. The highest BCUT2D eigenvalue weighted by Gasteiger charge is 2.26. The molecule has 0 bridgehead atoms. The van der Waals surface area contributed by atoms with Crippen LogP contribution in [0.1, 0.15) is 41.2 Å². The normalized spacial score (nSPS) is 13.6. The van der Waals surface area contributed by atoms with Gasteiger partial charge >= 0.3 is 0 Å². The van der Waals surface area contributed by atoms with Crippen LogP contribution in [0.4, 0.5) is 4.39 Å². The van der Waals surface area contributed by atoms with E-state index in [0.717, 1.165) is 39.0 Å². The van der Waals surface area contributed by atoms with Crippen LogP contribution in [0.15, 0.2) is 60.4 Å². The Labute approximate surface area is 210 Å². The van der Waals surface area contributed by atoms with Crippen molar-refractivity contribution in [2.45, 2.75) is 26.3 Å². The number of aliphatic hydroxyl groups excluding tert-OH is 1. The van der Waals surface area contributed by atoms with Crippen LogP contribution in [-0.2, 0) is 17.8 Å². The fraction of sp³-hybridized carbons (Fsp3) is 0.241. The molecule has 1 amide bonds. The molecule has 2 aromatic carbocycles. The summed E-state index contributed by atoms with van der Waals surface area (Å²) in [6, 6.07) is 12.1. The van der Waals surface area contributed by atoms with Gasteiger partial charge in [-0.25, -0.2) is 4.39 Å². The van der Waals surface area contributed by atoms with E-state index in [1.165, 1.54) is 12.1 Å². The first-order valence-corrected chi connectivity index (χ1v) is 11.7. The van der Waals surface area contributed by atoms with Gasteiger partial charge in [-0.15, -0.1) is 0 Å². The number of nitrogens with zero attached hydrogens (tertiary/aromatic N) is 1. The number of aliphatic hydroxyl groups is 1. The van der Waals surface area contributed by atoms with Gasteiger partial charge in [0.25, 0.3) is 0 Å². The summed E-state index contributed by atoms with van der Waals surface area (Å²) < 4.78 is 25.3. The minimum atomic E-state index is -0.354. The number of allylic oxidation sites excluding steroid dienone is 2. The number of fused-ring (bicyclic) bond motifs is 1. The van der Waals surface area contributed by atoms with Gasteiger partial charge in [-0.3, -0.25) is 9.78 Å². The van der Waals surface area contributed by atoms with Gasteiger partial charge in [0, 0.05) is 37.5 Å². The average Bonchev–Trinajstić information content (AvgIpc) is 3.13. The molecule has 0 saturated heterocycles. The first-order chi connectivity index (χ1) is 17.4. The lowest BCUT2D eigenvalue weighted by Gasteiger charge is -2.14. The second kappa shape index (κ2) is 11.2. The topological polar surface area (TPSA) is 80.7 Å². The van der Waals surface area contributed by atoms with E-state index in [9.17, 15) is 14.3 Å². The summed E-state index contributed by atoms with van der Waals surface area (Å²) in [5.41, 5.74) is 6.70. The Balaban J connectivity index is 1.69. The lowest BCUT2D eigenvalue weighted by Crippen LogP contribution is -2.22. The van der Waals surface area contributed by atoms with Crippen LogP contribution in [0, 0.1) is 5.82 Å². The minimum absolute atomic E-state index is 0.0276. The third-order valence-electron chi connectivity index (χ3n) is 6.31. The maximum absolute atomic E-state index is 14.2. The number of carbonyl (C=O) groups excluding carboxylic acids is 1. The van der Waals surface area contributed by atoms with Crippen LogP contribution in [0.2, 0.25) is 0 Å². The van der Waals surface area contributed by atoms with Crippen LogP contribution in [0.3, 0.4) is 0 Å². The molecule has 0 aliphatic heterocycles. The number of aromatic nitrogens is 1. The number of halogens is 1. The standard InChI is InChI=1S/C29H29FN2O4/c1-18-24(11-20-12-27(35-2)23(8-10-33)28(13-20)36-3)22-7-6-21(30)14-26(22)25(18)15-29(34)32-17-19-5-4-9-31-16-19/h4-7,9,11-14,16,33H,8,10,15,17H2,1-3H3,(H,32,34)/b24-11-. The molecule has 0 fully saturated rings. The molecule has 6 nitrogen and oxygen atoms in total. The third kappa shape index (κ3) is 5.31. The fourth-order valence-corrected chi connectivity index (χ4v) is 4.52. The molecule has 1 aliphatic carbocycles. The zero-order valence-electron chi connectivity index (χ0n) is 20.6. The maximum atomic E-state index is 14.2. The van der Waals surface area contributed by atoms with Crippen molar-refractivity contribution in [2.24, 2.45) is 0 Å². The van der Waals surface area contributed by atoms with E-state index in [2.05, 4.69) is 10.3 Å². The van der Waals surface area contributed by atoms with Crippen LogP contribution in [0.25, 0.3) is 17.2 Å². The van der Waals surface area contributed by atoms with Crippen molar-refractivity contribution in [1.82, 2.24) is 10.3 Å². The molecular formula is C29H29FN2O4. The molecule has 3 aromatic rings. The number of hydrogen-bond acceptors (Lipinski definition) is 5. The van der Waals surface area contributed by atoms with E-state index in [-0.39, 0.29) is 24.8 Å². The Morgan fingerprint density at radius 1 is 1.11 bits per heavy atom. The number of pyridine rings is 1. The van der Waals surface area contributed by atoms with Crippen LogP contribution in [0.5, 0.6) is 11.5 Å². The molecule has 2 N–H and O–H groups in total. The second-order valence-corrected chi connectivity index (χ2v) is 8.54. The smallest absolute Gasteiger partial charge is 0.224 e. The van der Waals surface area contributed by atoms with Gasteiger partial charge in [0.1, 0.15) is 17.3 Å². The van der Waals surface area contributed by atoms with Crippen LogP contribution >= 0.6 is 0 Å². The summed E-state index contributed by atoms with van der Waals surface area (Å²) in [5, 5.41) is 12.4. The van der Waals surface area contributed by atoms with Gasteiger partial charge in [0.05, 0.1) is 20.6 Å². The van der Waals surface area contributed by atoms with Crippen molar-refractivity contribution in [3.05, 3.63) is 94.1 Å². The predicted octanol–water partition coefficient (Wildman–Crippen LogP) is 4.81. The van der Waals surface area contributed by atoms with Gasteiger partial charge < -0.3 is 19.9 Å². The van der Waals surface area contributed by atoms with Gasteiger partial charge in [-0.2, -0.15) is 0 Å². The SMILES string of the molecule is COc1cc(/C=C2/C(C)=C(CC(=O)NCc3cccnc3)c3cc(F)ccc32)cc(OC)c1CCO. The summed E-state index contributed by atoms with van der Waals surface area (Å²) in [6.45, 7) is 2.29. The van der Waals surface area contributed by atoms with Crippen LogP contribution in [-0.4, -0.2) is 36.8 Å². The van der Waals surface area contributed by atoms with Crippen molar-refractivity contribution < 1.29 is 23.8 Å². The van der Waals surface area contributed by atoms with E-state index < -0.39 is 0 Å². The summed E-state index contributed by atoms with van der Waals surface area (Å²) in [4.78, 5) is 16.9. The number of rotatable bonds is 9. The lowest BCUT2D eigenvalue weighted by molar-refractivity contribution is -0.120. The lowest BCUT2D eigenvalue weighted by atomic mass is 9.99. The van der Waals surface area contributed by atoms with Crippen LogP contribution < -0.4 is 14.8 Å². The highest BCUT2D eigenvalue weighted by molar-refractivity contribution is 6.08. The summed E-state index contributed by atoms with van der Waals surface area (Å²) in [6.07, 6.45) is 5.91. The molecule has 1 aromatic heterocycles. The number of nitrogens with one attached hydrogen (secondary N) is 1. The molecule has 0 atom stereocenters. The van der Waals surface area contributed by atoms with Crippen molar-refractivity contribution >= 4 is 23.1 Å². The third-order valence-corrected chi connectivity index (χ3v) is 6.31. The molecule has 0 radical (unpaired) electrons. The zero-order chi connectivity index (χ0) is 25.7. The number of ether oxygens (including phenoxy) is 2. The Bertz CT molecular complexity index is 1310. The van der Waals surface area contributed by atoms with Crippen molar-refractivity contribution in [1.29, 1.82) is 0 Å². The molecule has 7 heteroatoms. The van der Waals surface area contributed by atoms with Gasteiger partial charge in [0.15, 0.2) is 0 Å². The van der Waals surface area contributed by atoms with Crippen molar-refractivity contribution in [3.63, 3.8) is 0 Å². The molecule has 1 aliphatic rings. The molecule has 1 heterocycles. The minimum Gasteiger partial charge on any atom is -0.496 e. The summed E-state index contributed by atoms with van der Waals surface area (Å²) >= 11 is 0. The Hall–Kier alpha value is -3.97. The molecule has 4 rings (SSSR count). The first-order valence-electron chi connectivity index (χ1n) is 11.7. The van der Waals surface area contributed by atoms with Gasteiger partial charge in [-0.1, -0.05) is 12.1 Å². The quantitative estimate of drug-likeness (QED) is 0.452. The number of amides is 1. The fourth-order valence-electron chi connectivity index (χ4n) is 4.52. The monoisotopic (exact) mass is 488 g/mol. The van der Waals surface area contributed by atoms with E-state index >= 15 is 0 Å². The van der Waals surface area contributed by atoms with Gasteiger partial charge in [-0.05, 0) is 82.3 Å². The van der Waals surface area contributed by atoms with E-state index in [4.69, 9.17) is 9.47 Å². The highest BCUT2D eigenvalue weighted by Crippen LogP contribution is 2.44. The first kappa shape index (κ1) is 25.1. The summed E-state index contributed by atoms with van der Waals surface area (Å²) in [5.74, 6) is 0.725.